The molecule has 126 valence electrons. The van der Waals surface area contributed by atoms with Crippen LogP contribution in [0.25, 0.3) is 0 Å². The zero-order valence-electron chi connectivity index (χ0n) is 14.1. The zero-order valence-corrected chi connectivity index (χ0v) is 15.0. The van der Waals surface area contributed by atoms with Crippen LogP contribution in [-0.2, 0) is 4.79 Å². The van der Waals surface area contributed by atoms with E-state index in [9.17, 15) is 9.59 Å². The lowest BCUT2D eigenvalue weighted by atomic mass is 10.0. The van der Waals surface area contributed by atoms with Crippen molar-refractivity contribution in [3.8, 4) is 0 Å². The average molecular weight is 334 g/mol. The van der Waals surface area contributed by atoms with Crippen molar-refractivity contribution in [2.24, 2.45) is 0 Å². The number of hydrogen-bond donors (Lipinski definition) is 2. The van der Waals surface area contributed by atoms with E-state index in [1.54, 1.807) is 11.8 Å². The molecule has 0 heterocycles. The molecule has 0 spiro atoms. The Morgan fingerprint density at radius 1 is 1.17 bits per heavy atom. The summed E-state index contributed by atoms with van der Waals surface area (Å²) >= 11 is 1.69. The van der Waals surface area contributed by atoms with Crippen molar-refractivity contribution in [1.82, 2.24) is 5.32 Å². The van der Waals surface area contributed by atoms with Crippen LogP contribution in [-0.4, -0.2) is 22.4 Å². The summed E-state index contributed by atoms with van der Waals surface area (Å²) in [5.74, 6) is -0.220. The largest absolute Gasteiger partial charge is 0.325 e. The summed E-state index contributed by atoms with van der Waals surface area (Å²) in [6.45, 7) is 5.82. The number of carbonyl (C=O) groups is 2. The van der Waals surface area contributed by atoms with Gasteiger partial charge in [-0.1, -0.05) is 37.0 Å². The van der Waals surface area contributed by atoms with Crippen LogP contribution in [0.3, 0.4) is 0 Å². The Morgan fingerprint density at radius 2 is 1.87 bits per heavy atom. The van der Waals surface area contributed by atoms with Crippen LogP contribution in [0.15, 0.2) is 18.2 Å². The van der Waals surface area contributed by atoms with Gasteiger partial charge < -0.3 is 5.32 Å². The Bertz CT molecular complexity index is 568. The second kappa shape index (κ2) is 8.39. The SMILES string of the molecule is Cc1ccc(NC(=O)NC(=O)C(C)SC2CCCCC2)c(C)c1. The molecule has 23 heavy (non-hydrogen) atoms. The molecule has 0 saturated heterocycles. The predicted molar refractivity (Wildman–Crippen MR) is 97.0 cm³/mol. The van der Waals surface area contributed by atoms with Crippen LogP contribution in [0.4, 0.5) is 10.5 Å². The Kier molecular flexibility index (Phi) is 6.51. The number of hydrogen-bond acceptors (Lipinski definition) is 3. The number of imide groups is 1. The van der Waals surface area contributed by atoms with E-state index < -0.39 is 6.03 Å². The van der Waals surface area contributed by atoms with Crippen molar-refractivity contribution in [3.05, 3.63) is 29.3 Å². The second-order valence-electron chi connectivity index (χ2n) is 6.30. The number of thioether (sulfide) groups is 1. The minimum absolute atomic E-state index is 0.206. The van der Waals surface area contributed by atoms with Gasteiger partial charge >= 0.3 is 6.03 Å². The highest BCUT2D eigenvalue weighted by Crippen LogP contribution is 2.31. The van der Waals surface area contributed by atoms with Crippen molar-refractivity contribution >= 4 is 29.4 Å². The fourth-order valence-corrected chi connectivity index (χ4v) is 4.24. The molecule has 1 aromatic rings. The van der Waals surface area contributed by atoms with Crippen molar-refractivity contribution in [2.45, 2.75) is 63.4 Å². The molecule has 0 aliphatic heterocycles. The molecular formula is C18H26N2O2S. The third kappa shape index (κ3) is 5.57. The van der Waals surface area contributed by atoms with E-state index >= 15 is 0 Å². The molecular weight excluding hydrogens is 308 g/mol. The molecule has 3 amide bonds. The number of anilines is 1. The highest BCUT2D eigenvalue weighted by molar-refractivity contribution is 8.01. The first-order valence-corrected chi connectivity index (χ1v) is 9.24. The molecule has 1 unspecified atom stereocenters. The molecule has 2 N–H and O–H groups in total. The molecule has 4 nitrogen and oxygen atoms in total. The lowest BCUT2D eigenvalue weighted by Gasteiger charge is -2.23. The maximum atomic E-state index is 12.2. The number of urea groups is 1. The molecule has 1 saturated carbocycles. The van der Waals surface area contributed by atoms with E-state index in [4.69, 9.17) is 0 Å². The maximum Gasteiger partial charge on any atom is 0.325 e. The van der Waals surface area contributed by atoms with Crippen LogP contribution >= 0.6 is 11.8 Å². The third-order valence-corrected chi connectivity index (χ3v) is 5.66. The molecule has 1 atom stereocenters. The number of carbonyl (C=O) groups excluding carboxylic acids is 2. The smallest absolute Gasteiger partial charge is 0.307 e. The Morgan fingerprint density at radius 3 is 2.52 bits per heavy atom. The first kappa shape index (κ1) is 17.9. The van der Waals surface area contributed by atoms with Crippen LogP contribution in [0.2, 0.25) is 0 Å². The first-order valence-electron chi connectivity index (χ1n) is 8.30. The van der Waals surface area contributed by atoms with Gasteiger partial charge in [0.05, 0.1) is 5.25 Å². The van der Waals surface area contributed by atoms with Gasteiger partial charge in [-0.2, -0.15) is 0 Å². The van der Waals surface area contributed by atoms with E-state index in [1.807, 2.05) is 39.0 Å². The van der Waals surface area contributed by atoms with E-state index in [-0.39, 0.29) is 11.2 Å². The number of benzene rings is 1. The summed E-state index contributed by atoms with van der Waals surface area (Å²) in [6, 6.07) is 5.33. The van der Waals surface area contributed by atoms with Gasteiger partial charge in [-0.25, -0.2) is 4.79 Å². The first-order chi connectivity index (χ1) is 11.0. The van der Waals surface area contributed by atoms with Gasteiger partial charge in [0.2, 0.25) is 5.91 Å². The van der Waals surface area contributed by atoms with Gasteiger partial charge in [0, 0.05) is 10.9 Å². The van der Waals surface area contributed by atoms with Crippen LogP contribution < -0.4 is 10.6 Å². The summed E-state index contributed by atoms with van der Waals surface area (Å²) in [4.78, 5) is 24.2. The lowest BCUT2D eigenvalue weighted by molar-refractivity contribution is -0.119. The fraction of sp³-hybridized carbons (Fsp3) is 0.556. The second-order valence-corrected chi connectivity index (χ2v) is 7.95. The Labute approximate surface area is 142 Å². The van der Waals surface area contributed by atoms with Crippen LogP contribution in [0.1, 0.15) is 50.2 Å². The number of aryl methyl sites for hydroxylation is 2. The summed E-state index contributed by atoms with van der Waals surface area (Å²) in [6.07, 6.45) is 6.16. The lowest BCUT2D eigenvalue weighted by Crippen LogP contribution is -2.39. The monoisotopic (exact) mass is 334 g/mol. The van der Waals surface area contributed by atoms with Gasteiger partial charge in [0.1, 0.15) is 0 Å². The molecule has 1 aliphatic carbocycles. The molecule has 1 aliphatic rings. The molecule has 1 aromatic carbocycles. The highest BCUT2D eigenvalue weighted by atomic mass is 32.2. The fourth-order valence-electron chi connectivity index (χ4n) is 2.87. The standard InChI is InChI=1S/C18H26N2O2S/c1-12-9-10-16(13(2)11-12)19-18(22)20-17(21)14(3)23-15-7-5-4-6-8-15/h9-11,14-15H,4-8H2,1-3H3,(H2,19,20,21,22). The summed E-state index contributed by atoms with van der Waals surface area (Å²) in [7, 11) is 0. The number of nitrogens with one attached hydrogen (secondary N) is 2. The van der Waals surface area contributed by atoms with Crippen LogP contribution in [0.5, 0.6) is 0 Å². The highest BCUT2D eigenvalue weighted by Gasteiger charge is 2.22. The van der Waals surface area contributed by atoms with Crippen molar-refractivity contribution in [3.63, 3.8) is 0 Å². The Hall–Kier alpha value is -1.49. The van der Waals surface area contributed by atoms with Gasteiger partial charge in [0.15, 0.2) is 0 Å². The van der Waals surface area contributed by atoms with E-state index in [0.717, 1.165) is 16.8 Å². The van der Waals surface area contributed by atoms with Crippen LogP contribution in [0, 0.1) is 13.8 Å². The minimum atomic E-state index is -0.460. The van der Waals surface area contributed by atoms with E-state index in [0.29, 0.717) is 5.25 Å². The molecule has 0 aromatic heterocycles. The third-order valence-electron chi connectivity index (χ3n) is 4.18. The molecule has 0 radical (unpaired) electrons. The topological polar surface area (TPSA) is 58.2 Å². The molecule has 5 heteroatoms. The number of amides is 3. The van der Waals surface area contributed by atoms with Gasteiger partial charge in [-0.15, -0.1) is 11.8 Å². The average Bonchev–Trinajstić information content (AvgIpc) is 2.51. The van der Waals surface area contributed by atoms with Crippen molar-refractivity contribution in [1.29, 1.82) is 0 Å². The van der Waals surface area contributed by atoms with E-state index in [2.05, 4.69) is 10.6 Å². The Balaban J connectivity index is 1.82. The molecule has 0 bridgehead atoms. The van der Waals surface area contributed by atoms with E-state index in [1.165, 1.54) is 32.1 Å². The maximum absolute atomic E-state index is 12.2. The normalized spacial score (nSPS) is 16.7. The van der Waals surface area contributed by atoms with Crippen molar-refractivity contribution < 1.29 is 9.59 Å². The van der Waals surface area contributed by atoms with Gasteiger partial charge in [0.25, 0.3) is 0 Å². The zero-order chi connectivity index (χ0) is 16.8. The molecule has 2 rings (SSSR count). The summed E-state index contributed by atoms with van der Waals surface area (Å²) in [5, 5.41) is 5.54. The number of rotatable bonds is 4. The minimum Gasteiger partial charge on any atom is -0.307 e. The predicted octanol–water partition coefficient (Wildman–Crippen LogP) is 4.41. The summed E-state index contributed by atoms with van der Waals surface area (Å²) in [5.41, 5.74) is 2.85. The quantitative estimate of drug-likeness (QED) is 0.857. The summed E-state index contributed by atoms with van der Waals surface area (Å²) < 4.78 is 0. The van der Waals surface area contributed by atoms with Gasteiger partial charge in [-0.05, 0) is 45.2 Å². The van der Waals surface area contributed by atoms with Crippen molar-refractivity contribution in [2.75, 3.05) is 5.32 Å². The van der Waals surface area contributed by atoms with Gasteiger partial charge in [-0.3, -0.25) is 10.1 Å². The molecule has 1 fully saturated rings.